The van der Waals surface area contributed by atoms with Crippen LogP contribution in [0.3, 0.4) is 0 Å². The number of fused-ring (bicyclic) bond motifs is 12. The third-order valence-electron chi connectivity index (χ3n) is 15.2. The van der Waals surface area contributed by atoms with Crippen molar-refractivity contribution in [2.45, 2.75) is 13.8 Å². The van der Waals surface area contributed by atoms with Gasteiger partial charge in [-0.05, 0) is 110 Å². The largest absolute Gasteiger partial charge is 0.309 e. The van der Waals surface area contributed by atoms with Crippen LogP contribution < -0.4 is 9.80 Å². The van der Waals surface area contributed by atoms with Gasteiger partial charge in [0, 0.05) is 65.6 Å². The molecule has 0 atom stereocenters. The molecule has 11 aromatic carbocycles. The Morgan fingerprint density at radius 1 is 0.278 bits per heavy atom. The molecule has 0 aliphatic heterocycles. The van der Waals surface area contributed by atoms with E-state index in [2.05, 4.69) is 275 Å². The first kappa shape index (κ1) is 40.5. The van der Waals surface area contributed by atoms with Crippen LogP contribution in [0.4, 0.5) is 34.1 Å². The van der Waals surface area contributed by atoms with Crippen LogP contribution >= 0.6 is 0 Å². The highest BCUT2D eigenvalue weighted by molar-refractivity contribution is 6.32. The summed E-state index contributed by atoms with van der Waals surface area (Å²) in [5, 5.41) is 9.94. The van der Waals surface area contributed by atoms with Crippen LogP contribution in [0.25, 0.3) is 98.4 Å². The molecular formula is C68H46N4. The molecule has 338 valence electrons. The number of nitrogens with zero attached hydrogens (tertiary/aromatic N) is 4. The van der Waals surface area contributed by atoms with E-state index in [9.17, 15) is 0 Å². The van der Waals surface area contributed by atoms with Crippen molar-refractivity contribution >= 4 is 110 Å². The van der Waals surface area contributed by atoms with E-state index in [0.29, 0.717) is 0 Å². The minimum atomic E-state index is 1.11. The number of benzene rings is 11. The van der Waals surface area contributed by atoms with E-state index < -0.39 is 0 Å². The quantitative estimate of drug-likeness (QED) is 0.151. The van der Waals surface area contributed by atoms with E-state index in [-0.39, 0.29) is 0 Å². The second kappa shape index (κ2) is 15.6. The number of aromatic nitrogens is 2. The van der Waals surface area contributed by atoms with Gasteiger partial charge < -0.3 is 18.6 Å². The molecule has 4 nitrogen and oxygen atoms in total. The Morgan fingerprint density at radius 2 is 0.639 bits per heavy atom. The monoisotopic (exact) mass is 918 g/mol. The van der Waals surface area contributed by atoms with Gasteiger partial charge in [-0.1, -0.05) is 169 Å². The van der Waals surface area contributed by atoms with E-state index in [0.717, 1.165) is 34.1 Å². The normalized spacial score (nSPS) is 12.0. The van der Waals surface area contributed by atoms with Gasteiger partial charge in [0.1, 0.15) is 0 Å². The van der Waals surface area contributed by atoms with Crippen molar-refractivity contribution < 1.29 is 0 Å². The Labute approximate surface area is 416 Å². The average molecular weight is 919 g/mol. The molecule has 4 heteroatoms. The molecule has 0 aliphatic rings. The molecule has 0 fully saturated rings. The van der Waals surface area contributed by atoms with Gasteiger partial charge in [0.05, 0.1) is 55.8 Å². The first-order chi connectivity index (χ1) is 35.6. The molecule has 72 heavy (non-hydrogen) atoms. The number of anilines is 6. The molecule has 0 bridgehead atoms. The first-order valence-corrected chi connectivity index (χ1v) is 24.9. The summed E-state index contributed by atoms with van der Waals surface area (Å²) in [6.07, 6.45) is 0. The maximum Gasteiger partial charge on any atom is 0.0641 e. The number of para-hydroxylation sites is 4. The van der Waals surface area contributed by atoms with Crippen molar-refractivity contribution in [3.8, 4) is 22.3 Å². The van der Waals surface area contributed by atoms with Gasteiger partial charge in [-0.15, -0.1) is 0 Å². The summed E-state index contributed by atoms with van der Waals surface area (Å²) >= 11 is 0. The summed E-state index contributed by atoms with van der Waals surface area (Å²) in [6, 6.07) is 89.6. The average Bonchev–Trinajstić information content (AvgIpc) is 4.17. The van der Waals surface area contributed by atoms with Crippen LogP contribution in [0.2, 0.25) is 0 Å². The zero-order chi connectivity index (χ0) is 47.6. The second-order valence-electron chi connectivity index (χ2n) is 19.4. The Balaban J connectivity index is 1.01. The Hall–Kier alpha value is -9.38. The van der Waals surface area contributed by atoms with Crippen molar-refractivity contribution in [2.75, 3.05) is 9.80 Å². The van der Waals surface area contributed by atoms with Gasteiger partial charge in [0.15, 0.2) is 0 Å². The number of hydrogen-bond acceptors (Lipinski definition) is 2. The zero-order valence-electron chi connectivity index (χ0n) is 39.9. The predicted octanol–water partition coefficient (Wildman–Crippen LogP) is 18.9. The summed E-state index contributed by atoms with van der Waals surface area (Å²) < 4.78 is 5.10. The van der Waals surface area contributed by atoms with Crippen LogP contribution in [0.1, 0.15) is 11.1 Å². The number of rotatable bonds is 8. The highest BCUT2D eigenvalue weighted by Crippen LogP contribution is 2.53. The molecule has 0 unspecified atom stereocenters. The van der Waals surface area contributed by atoms with Crippen molar-refractivity contribution in [2.24, 2.45) is 0 Å². The molecular weight excluding hydrogens is 873 g/mol. The lowest BCUT2D eigenvalue weighted by atomic mass is 9.98. The number of aryl methyl sites for hydroxylation is 2. The Bertz CT molecular complexity index is 4280. The molecule has 0 N–H and O–H groups in total. The van der Waals surface area contributed by atoms with Crippen molar-refractivity contribution in [1.29, 1.82) is 0 Å². The lowest BCUT2D eigenvalue weighted by Crippen LogP contribution is -2.11. The van der Waals surface area contributed by atoms with Gasteiger partial charge in [0.25, 0.3) is 0 Å². The highest BCUT2D eigenvalue weighted by Gasteiger charge is 2.29. The summed E-state index contributed by atoms with van der Waals surface area (Å²) in [7, 11) is 0. The van der Waals surface area contributed by atoms with E-state index in [4.69, 9.17) is 0 Å². The fraction of sp³-hybridized carbons (Fsp3) is 0.0294. The maximum absolute atomic E-state index is 2.55. The van der Waals surface area contributed by atoms with E-state index in [1.165, 1.54) is 110 Å². The van der Waals surface area contributed by atoms with Crippen LogP contribution in [0.15, 0.2) is 243 Å². The zero-order valence-corrected chi connectivity index (χ0v) is 39.9. The lowest BCUT2D eigenvalue weighted by molar-refractivity contribution is 1.29. The Morgan fingerprint density at radius 3 is 1.06 bits per heavy atom. The van der Waals surface area contributed by atoms with Gasteiger partial charge in [-0.2, -0.15) is 0 Å². The molecule has 15 aromatic rings. The van der Waals surface area contributed by atoms with Crippen LogP contribution in [0, 0.1) is 13.8 Å². The van der Waals surface area contributed by atoms with E-state index in [1.807, 2.05) is 0 Å². The second-order valence-corrected chi connectivity index (χ2v) is 19.4. The van der Waals surface area contributed by atoms with Crippen LogP contribution in [0.5, 0.6) is 0 Å². The van der Waals surface area contributed by atoms with Gasteiger partial charge in [-0.25, -0.2) is 0 Å². The lowest BCUT2D eigenvalue weighted by Gasteiger charge is -2.29. The molecule has 4 aromatic heterocycles. The van der Waals surface area contributed by atoms with Gasteiger partial charge >= 0.3 is 0 Å². The van der Waals surface area contributed by atoms with E-state index in [1.54, 1.807) is 0 Å². The molecule has 0 saturated carbocycles. The fourth-order valence-corrected chi connectivity index (χ4v) is 12.2. The van der Waals surface area contributed by atoms with Crippen molar-refractivity contribution in [3.63, 3.8) is 0 Å². The standard InChI is InChI=1S/C68H46N4/c1-43-31-35-59(53(39-43)45-19-7-3-8-20-45)69(47-23-11-5-12-24-47)61-37-33-49-55-41-64-56(42-63(55)71-57-29-17-15-27-51(57)65(61)67(49)71)50-34-38-62(66-52-28-16-18-30-58(52)72(64)68(50)66)70(48-25-13-6-14-26-48)60-36-32-44(2)40-54(60)46-21-9-4-10-22-46/h3-42H,1-2H3. The Kier molecular flexibility index (Phi) is 8.75. The molecule has 0 saturated heterocycles. The maximum atomic E-state index is 2.55. The molecule has 15 rings (SSSR count). The summed E-state index contributed by atoms with van der Waals surface area (Å²) in [5.41, 5.74) is 21.4. The van der Waals surface area contributed by atoms with Gasteiger partial charge in [-0.3, -0.25) is 0 Å². The van der Waals surface area contributed by atoms with Crippen molar-refractivity contribution in [1.82, 2.24) is 8.80 Å². The highest BCUT2D eigenvalue weighted by atomic mass is 15.2. The molecule has 0 spiro atoms. The fourth-order valence-electron chi connectivity index (χ4n) is 12.2. The summed E-state index contributed by atoms with van der Waals surface area (Å²) in [6.45, 7) is 4.37. The van der Waals surface area contributed by atoms with Gasteiger partial charge in [0.2, 0.25) is 0 Å². The minimum absolute atomic E-state index is 1.11. The third kappa shape index (κ3) is 5.81. The minimum Gasteiger partial charge on any atom is -0.309 e. The van der Waals surface area contributed by atoms with Crippen LogP contribution in [-0.4, -0.2) is 8.80 Å². The topological polar surface area (TPSA) is 15.3 Å². The SMILES string of the molecule is Cc1ccc(N(c2ccccc2)c2ccc3c4cc5c(cc4n4c6ccccc6c2c34)c2ccc(N(c3ccccc3)c3ccc(C)cc3-c3ccccc3)c3c4ccccc4n5c23)c(-c2ccccc2)c1. The van der Waals surface area contributed by atoms with Crippen LogP contribution in [-0.2, 0) is 0 Å². The third-order valence-corrected chi connectivity index (χ3v) is 15.2. The first-order valence-electron chi connectivity index (χ1n) is 24.9. The molecule has 0 aliphatic carbocycles. The smallest absolute Gasteiger partial charge is 0.0641 e. The summed E-state index contributed by atoms with van der Waals surface area (Å²) in [5.74, 6) is 0. The molecule has 0 amide bonds. The summed E-state index contributed by atoms with van der Waals surface area (Å²) in [4.78, 5) is 4.96. The molecule has 0 radical (unpaired) electrons. The van der Waals surface area contributed by atoms with Crippen molar-refractivity contribution in [3.05, 3.63) is 254 Å². The number of hydrogen-bond donors (Lipinski definition) is 0. The predicted molar refractivity (Wildman–Crippen MR) is 305 cm³/mol. The molecule has 4 heterocycles. The van der Waals surface area contributed by atoms with E-state index >= 15 is 0 Å².